The molecule has 2 nitrogen and oxygen atoms in total. The minimum atomic E-state index is 0.0566. The van der Waals surface area contributed by atoms with Gasteiger partial charge in [0.15, 0.2) is 0 Å². The van der Waals surface area contributed by atoms with Crippen LogP contribution in [-0.2, 0) is 16.0 Å². The zero-order valence-electron chi connectivity index (χ0n) is 10.0. The first-order chi connectivity index (χ1) is 8.16. The number of benzene rings is 1. The van der Waals surface area contributed by atoms with E-state index in [1.165, 1.54) is 0 Å². The summed E-state index contributed by atoms with van der Waals surface area (Å²) in [6.07, 6.45) is 2.35. The van der Waals surface area contributed by atoms with Crippen molar-refractivity contribution in [2.75, 3.05) is 13.2 Å². The molecule has 0 amide bonds. The van der Waals surface area contributed by atoms with Gasteiger partial charge in [0, 0.05) is 24.0 Å². The largest absolute Gasteiger partial charge is 0.381 e. The van der Waals surface area contributed by atoms with Crippen LogP contribution in [0.2, 0.25) is 5.02 Å². The maximum Gasteiger partial charge on any atom is 0.142 e. The third-order valence-corrected chi connectivity index (χ3v) is 3.54. The molecule has 1 atom stereocenters. The molecule has 1 unspecified atom stereocenters. The summed E-state index contributed by atoms with van der Waals surface area (Å²) in [7, 11) is 0. The topological polar surface area (TPSA) is 26.3 Å². The predicted molar refractivity (Wildman–Crippen MR) is 68.4 cm³/mol. The Kier molecular flexibility index (Phi) is 4.19. The van der Waals surface area contributed by atoms with Crippen molar-refractivity contribution in [3.63, 3.8) is 0 Å². The van der Waals surface area contributed by atoms with Crippen LogP contribution >= 0.6 is 11.6 Å². The molecule has 1 saturated heterocycles. The molecule has 1 aliphatic heterocycles. The molecule has 0 aliphatic carbocycles. The standard InChI is InChI=1S/C14H17ClO2/c1-10-4-5-11(13(15)7-10)8-14(16)12-3-2-6-17-9-12/h4-5,7,12H,2-3,6,8-9H2,1H3. The fourth-order valence-electron chi connectivity index (χ4n) is 2.12. The van der Waals surface area contributed by atoms with Gasteiger partial charge in [0.1, 0.15) is 5.78 Å². The van der Waals surface area contributed by atoms with E-state index < -0.39 is 0 Å². The Balaban J connectivity index is 2.02. The highest BCUT2D eigenvalue weighted by Crippen LogP contribution is 2.22. The number of carbonyl (C=O) groups is 1. The van der Waals surface area contributed by atoms with E-state index in [1.54, 1.807) is 0 Å². The summed E-state index contributed by atoms with van der Waals surface area (Å²) in [6.45, 7) is 3.35. The quantitative estimate of drug-likeness (QED) is 0.826. The van der Waals surface area contributed by atoms with Crippen molar-refractivity contribution in [1.82, 2.24) is 0 Å². The second-order valence-corrected chi connectivity index (χ2v) is 5.06. The molecule has 1 aromatic carbocycles. The fraction of sp³-hybridized carbons (Fsp3) is 0.500. The molecule has 92 valence electrons. The van der Waals surface area contributed by atoms with Crippen molar-refractivity contribution in [3.05, 3.63) is 34.3 Å². The lowest BCUT2D eigenvalue weighted by atomic mass is 9.93. The van der Waals surface area contributed by atoms with Crippen LogP contribution in [0.3, 0.4) is 0 Å². The Morgan fingerprint density at radius 2 is 2.35 bits per heavy atom. The number of hydrogen-bond acceptors (Lipinski definition) is 2. The van der Waals surface area contributed by atoms with Crippen LogP contribution in [0, 0.1) is 12.8 Å². The normalized spacial score (nSPS) is 20.2. The molecule has 0 saturated carbocycles. The van der Waals surface area contributed by atoms with Gasteiger partial charge in [0.25, 0.3) is 0 Å². The van der Waals surface area contributed by atoms with Gasteiger partial charge in [-0.1, -0.05) is 23.7 Å². The molecule has 3 heteroatoms. The first kappa shape index (κ1) is 12.6. The van der Waals surface area contributed by atoms with Gasteiger partial charge in [-0.2, -0.15) is 0 Å². The molecule has 0 bridgehead atoms. The summed E-state index contributed by atoms with van der Waals surface area (Å²) >= 11 is 6.13. The van der Waals surface area contributed by atoms with Gasteiger partial charge in [0.05, 0.1) is 6.61 Å². The molecule has 0 spiro atoms. The Labute approximate surface area is 107 Å². The fourth-order valence-corrected chi connectivity index (χ4v) is 2.42. The Morgan fingerprint density at radius 1 is 1.53 bits per heavy atom. The highest BCUT2D eigenvalue weighted by molar-refractivity contribution is 6.31. The summed E-state index contributed by atoms with van der Waals surface area (Å²) in [5, 5.41) is 0.690. The summed E-state index contributed by atoms with van der Waals surface area (Å²) in [5.41, 5.74) is 2.04. The van der Waals surface area contributed by atoms with Gasteiger partial charge in [-0.05, 0) is 37.0 Å². The van der Waals surface area contributed by atoms with E-state index >= 15 is 0 Å². The van der Waals surface area contributed by atoms with Crippen molar-refractivity contribution in [1.29, 1.82) is 0 Å². The SMILES string of the molecule is Cc1ccc(CC(=O)C2CCCOC2)c(Cl)c1. The van der Waals surface area contributed by atoms with Gasteiger partial charge in [0.2, 0.25) is 0 Å². The van der Waals surface area contributed by atoms with E-state index in [2.05, 4.69) is 0 Å². The maximum atomic E-state index is 12.1. The van der Waals surface area contributed by atoms with Gasteiger partial charge in [-0.3, -0.25) is 4.79 Å². The minimum absolute atomic E-state index is 0.0566. The second-order valence-electron chi connectivity index (χ2n) is 4.65. The first-order valence-electron chi connectivity index (χ1n) is 6.02. The third-order valence-electron chi connectivity index (χ3n) is 3.19. The van der Waals surface area contributed by atoms with E-state index in [4.69, 9.17) is 16.3 Å². The monoisotopic (exact) mass is 252 g/mol. The zero-order chi connectivity index (χ0) is 12.3. The first-order valence-corrected chi connectivity index (χ1v) is 6.40. The summed E-state index contributed by atoms with van der Waals surface area (Å²) < 4.78 is 5.34. The van der Waals surface area contributed by atoms with Gasteiger partial charge in [-0.25, -0.2) is 0 Å². The molecule has 17 heavy (non-hydrogen) atoms. The van der Waals surface area contributed by atoms with Crippen LogP contribution in [0.5, 0.6) is 0 Å². The number of ketones is 1. The highest BCUT2D eigenvalue weighted by Gasteiger charge is 2.22. The van der Waals surface area contributed by atoms with E-state index in [0.29, 0.717) is 18.1 Å². The Hall–Kier alpha value is -0.860. The maximum absolute atomic E-state index is 12.1. The number of aryl methyl sites for hydroxylation is 1. The summed E-state index contributed by atoms with van der Waals surface area (Å²) in [4.78, 5) is 12.1. The predicted octanol–water partition coefficient (Wildman–Crippen LogP) is 3.19. The molecule has 1 aliphatic rings. The van der Waals surface area contributed by atoms with Crippen molar-refractivity contribution in [3.8, 4) is 0 Å². The van der Waals surface area contributed by atoms with Crippen LogP contribution in [0.4, 0.5) is 0 Å². The molecule has 0 aromatic heterocycles. The number of Topliss-reactive ketones (excluding diaryl/α,β-unsaturated/α-hetero) is 1. The van der Waals surface area contributed by atoms with Gasteiger partial charge in [-0.15, -0.1) is 0 Å². The number of halogens is 1. The summed E-state index contributed by atoms with van der Waals surface area (Å²) in [5.74, 6) is 0.302. The lowest BCUT2D eigenvalue weighted by Gasteiger charge is -2.21. The van der Waals surface area contributed by atoms with Gasteiger partial charge < -0.3 is 4.74 Å². The lowest BCUT2D eigenvalue weighted by Crippen LogP contribution is -2.26. The van der Waals surface area contributed by atoms with E-state index in [9.17, 15) is 4.79 Å². The molecular formula is C14H17ClO2. The van der Waals surface area contributed by atoms with E-state index in [-0.39, 0.29) is 11.7 Å². The number of carbonyl (C=O) groups excluding carboxylic acids is 1. The molecule has 1 fully saturated rings. The molecule has 2 rings (SSSR count). The van der Waals surface area contributed by atoms with E-state index in [0.717, 1.165) is 30.6 Å². The smallest absolute Gasteiger partial charge is 0.142 e. The third kappa shape index (κ3) is 3.30. The Bertz CT molecular complexity index is 409. The van der Waals surface area contributed by atoms with Crippen molar-refractivity contribution in [2.24, 2.45) is 5.92 Å². The zero-order valence-corrected chi connectivity index (χ0v) is 10.8. The van der Waals surface area contributed by atoms with Crippen molar-refractivity contribution >= 4 is 17.4 Å². The van der Waals surface area contributed by atoms with Crippen LogP contribution in [0.15, 0.2) is 18.2 Å². The van der Waals surface area contributed by atoms with Crippen molar-refractivity contribution < 1.29 is 9.53 Å². The van der Waals surface area contributed by atoms with Crippen LogP contribution in [0.25, 0.3) is 0 Å². The minimum Gasteiger partial charge on any atom is -0.381 e. The van der Waals surface area contributed by atoms with Crippen LogP contribution in [-0.4, -0.2) is 19.0 Å². The summed E-state index contributed by atoms with van der Waals surface area (Å²) in [6, 6.07) is 5.84. The van der Waals surface area contributed by atoms with Gasteiger partial charge >= 0.3 is 0 Å². The molecule has 1 heterocycles. The number of hydrogen-bond donors (Lipinski definition) is 0. The molecular weight excluding hydrogens is 236 g/mol. The van der Waals surface area contributed by atoms with Crippen molar-refractivity contribution in [2.45, 2.75) is 26.2 Å². The van der Waals surface area contributed by atoms with Crippen LogP contribution in [0.1, 0.15) is 24.0 Å². The lowest BCUT2D eigenvalue weighted by molar-refractivity contribution is -0.126. The Morgan fingerprint density at radius 3 is 3.00 bits per heavy atom. The molecule has 0 radical (unpaired) electrons. The second kappa shape index (κ2) is 5.65. The average molecular weight is 253 g/mol. The molecule has 1 aromatic rings. The highest BCUT2D eigenvalue weighted by atomic mass is 35.5. The number of rotatable bonds is 3. The van der Waals surface area contributed by atoms with E-state index in [1.807, 2.05) is 25.1 Å². The average Bonchev–Trinajstić information content (AvgIpc) is 2.34. The molecule has 0 N–H and O–H groups in total. The number of ether oxygens (including phenoxy) is 1. The van der Waals surface area contributed by atoms with Crippen LogP contribution < -0.4 is 0 Å².